The minimum Gasteiger partial charge on any atom is -0.508 e. The molecule has 0 heterocycles. The smallest absolute Gasteiger partial charge is 0.248 e. The molecule has 1 aromatic rings. The number of phenols is 1. The van der Waals surface area contributed by atoms with Crippen molar-refractivity contribution < 1.29 is 14.6 Å². The Morgan fingerprint density at radius 2 is 2.00 bits per heavy atom. The quantitative estimate of drug-likeness (QED) is 0.789. The molecule has 100 valence electrons. The number of phenolic OH excluding ortho intramolecular Hbond substituents is 1. The van der Waals surface area contributed by atoms with Gasteiger partial charge in [0, 0.05) is 13.7 Å². The number of benzene rings is 1. The van der Waals surface area contributed by atoms with Gasteiger partial charge in [0.1, 0.15) is 12.4 Å². The molecule has 1 unspecified atom stereocenters. The molecule has 1 atom stereocenters. The molecule has 0 fully saturated rings. The van der Waals surface area contributed by atoms with Crippen LogP contribution in [-0.2, 0) is 9.53 Å². The third-order valence-corrected chi connectivity index (χ3v) is 2.92. The zero-order valence-corrected chi connectivity index (χ0v) is 11.2. The van der Waals surface area contributed by atoms with E-state index in [-0.39, 0.29) is 24.3 Å². The second-order valence-corrected chi connectivity index (χ2v) is 4.32. The fourth-order valence-corrected chi connectivity index (χ4v) is 1.60. The topological polar surface area (TPSA) is 49.8 Å². The van der Waals surface area contributed by atoms with Crippen molar-refractivity contribution in [2.45, 2.75) is 26.3 Å². The summed E-state index contributed by atoms with van der Waals surface area (Å²) in [7, 11) is 1.76. The molecule has 4 heteroatoms. The number of likely N-dealkylation sites (N-methyl/N-ethyl adjacent to an activating group) is 1. The van der Waals surface area contributed by atoms with Crippen LogP contribution in [0.1, 0.15) is 31.9 Å². The summed E-state index contributed by atoms with van der Waals surface area (Å²) in [5.74, 6) is 0.190. The normalized spacial score (nSPS) is 12.2. The largest absolute Gasteiger partial charge is 0.508 e. The number of carbonyl (C=O) groups excluding carboxylic acids is 1. The van der Waals surface area contributed by atoms with Gasteiger partial charge in [0.05, 0.1) is 6.04 Å². The zero-order chi connectivity index (χ0) is 13.5. The van der Waals surface area contributed by atoms with Crippen LogP contribution in [0, 0.1) is 0 Å². The number of rotatable bonds is 6. The Bertz CT molecular complexity index is 375. The van der Waals surface area contributed by atoms with E-state index in [1.165, 1.54) is 0 Å². The second kappa shape index (κ2) is 7.01. The Hall–Kier alpha value is -1.55. The van der Waals surface area contributed by atoms with Crippen LogP contribution in [0.15, 0.2) is 24.3 Å². The minimum absolute atomic E-state index is 0.0379. The molecule has 0 aliphatic carbocycles. The Labute approximate surface area is 108 Å². The van der Waals surface area contributed by atoms with Gasteiger partial charge < -0.3 is 14.7 Å². The van der Waals surface area contributed by atoms with Gasteiger partial charge in [-0.15, -0.1) is 0 Å². The third kappa shape index (κ3) is 4.04. The fraction of sp³-hybridized carbons (Fsp3) is 0.500. The first kappa shape index (κ1) is 14.5. The molecule has 0 aliphatic rings. The maximum atomic E-state index is 11.9. The van der Waals surface area contributed by atoms with Gasteiger partial charge >= 0.3 is 0 Å². The van der Waals surface area contributed by atoms with Crippen molar-refractivity contribution in [3.05, 3.63) is 29.8 Å². The van der Waals surface area contributed by atoms with Crippen LogP contribution >= 0.6 is 0 Å². The van der Waals surface area contributed by atoms with E-state index in [0.717, 1.165) is 12.0 Å². The molecule has 0 aliphatic heterocycles. The van der Waals surface area contributed by atoms with Crippen LogP contribution < -0.4 is 0 Å². The van der Waals surface area contributed by atoms with Gasteiger partial charge in [-0.05, 0) is 31.0 Å². The van der Waals surface area contributed by atoms with Crippen LogP contribution in [0.5, 0.6) is 5.75 Å². The highest BCUT2D eigenvalue weighted by Crippen LogP contribution is 2.21. The van der Waals surface area contributed by atoms with Crippen LogP contribution in [0.4, 0.5) is 0 Å². The van der Waals surface area contributed by atoms with Gasteiger partial charge in [-0.1, -0.05) is 19.1 Å². The lowest BCUT2D eigenvalue weighted by molar-refractivity contribution is -0.136. The molecule has 0 saturated heterocycles. The molecule has 0 aromatic heterocycles. The van der Waals surface area contributed by atoms with Gasteiger partial charge in [0.25, 0.3) is 0 Å². The molecule has 0 radical (unpaired) electrons. The van der Waals surface area contributed by atoms with E-state index < -0.39 is 0 Å². The molecule has 0 saturated carbocycles. The van der Waals surface area contributed by atoms with Crippen LogP contribution in [-0.4, -0.2) is 36.2 Å². The Morgan fingerprint density at radius 1 is 1.39 bits per heavy atom. The van der Waals surface area contributed by atoms with Gasteiger partial charge in [-0.25, -0.2) is 0 Å². The average molecular weight is 251 g/mol. The van der Waals surface area contributed by atoms with Crippen LogP contribution in [0.25, 0.3) is 0 Å². The lowest BCUT2D eigenvalue weighted by atomic mass is 10.1. The lowest BCUT2D eigenvalue weighted by Crippen LogP contribution is -2.32. The van der Waals surface area contributed by atoms with Crippen molar-refractivity contribution in [2.75, 3.05) is 20.3 Å². The van der Waals surface area contributed by atoms with Gasteiger partial charge in [-0.3, -0.25) is 4.79 Å². The molecular weight excluding hydrogens is 230 g/mol. The van der Waals surface area contributed by atoms with Crippen molar-refractivity contribution in [2.24, 2.45) is 0 Å². The molecule has 1 rings (SSSR count). The SMILES string of the molecule is CCCOCC(=O)N(C)C(C)c1ccc(O)cc1. The van der Waals surface area contributed by atoms with Crippen molar-refractivity contribution >= 4 is 5.91 Å². The minimum atomic E-state index is -0.0386. The Morgan fingerprint density at radius 3 is 2.56 bits per heavy atom. The average Bonchev–Trinajstić information content (AvgIpc) is 2.38. The standard InChI is InChI=1S/C14H21NO3/c1-4-9-18-10-14(17)15(3)11(2)12-5-7-13(16)8-6-12/h5-8,11,16H,4,9-10H2,1-3H3. The van der Waals surface area contributed by atoms with E-state index in [0.29, 0.717) is 6.61 Å². The highest BCUT2D eigenvalue weighted by molar-refractivity contribution is 5.77. The molecule has 1 amide bonds. The summed E-state index contributed by atoms with van der Waals surface area (Å²) in [5.41, 5.74) is 0.985. The number of aromatic hydroxyl groups is 1. The van der Waals surface area contributed by atoms with Crippen molar-refractivity contribution in [3.8, 4) is 5.75 Å². The number of amides is 1. The molecule has 0 bridgehead atoms. The van der Waals surface area contributed by atoms with E-state index in [4.69, 9.17) is 4.74 Å². The summed E-state index contributed by atoms with van der Waals surface area (Å²) in [6.45, 7) is 4.68. The van der Waals surface area contributed by atoms with Crippen molar-refractivity contribution in [1.29, 1.82) is 0 Å². The number of hydrogen-bond acceptors (Lipinski definition) is 3. The fourth-order valence-electron chi connectivity index (χ4n) is 1.60. The first-order valence-electron chi connectivity index (χ1n) is 6.18. The van der Waals surface area contributed by atoms with Crippen molar-refractivity contribution in [1.82, 2.24) is 4.90 Å². The van der Waals surface area contributed by atoms with E-state index in [1.54, 1.807) is 24.1 Å². The summed E-state index contributed by atoms with van der Waals surface area (Å²) in [5, 5.41) is 9.23. The number of ether oxygens (including phenoxy) is 1. The van der Waals surface area contributed by atoms with E-state index in [9.17, 15) is 9.90 Å². The van der Waals surface area contributed by atoms with Gasteiger partial charge in [-0.2, -0.15) is 0 Å². The number of carbonyl (C=O) groups is 1. The lowest BCUT2D eigenvalue weighted by Gasteiger charge is -2.25. The summed E-state index contributed by atoms with van der Waals surface area (Å²) in [6.07, 6.45) is 0.907. The Balaban J connectivity index is 2.57. The predicted molar refractivity (Wildman–Crippen MR) is 70.4 cm³/mol. The van der Waals surface area contributed by atoms with Crippen LogP contribution in [0.3, 0.4) is 0 Å². The van der Waals surface area contributed by atoms with Gasteiger partial charge in [0.2, 0.25) is 5.91 Å². The molecule has 1 aromatic carbocycles. The first-order valence-corrected chi connectivity index (χ1v) is 6.18. The van der Waals surface area contributed by atoms with Crippen molar-refractivity contribution in [3.63, 3.8) is 0 Å². The highest BCUT2D eigenvalue weighted by Gasteiger charge is 2.17. The first-order chi connectivity index (χ1) is 8.56. The summed E-state index contributed by atoms with van der Waals surface area (Å²) in [6, 6.07) is 6.84. The molecule has 1 N–H and O–H groups in total. The Kier molecular flexibility index (Phi) is 5.65. The summed E-state index contributed by atoms with van der Waals surface area (Å²) >= 11 is 0. The summed E-state index contributed by atoms with van der Waals surface area (Å²) in [4.78, 5) is 13.5. The maximum absolute atomic E-state index is 11.9. The van der Waals surface area contributed by atoms with Gasteiger partial charge in [0.15, 0.2) is 0 Å². The monoisotopic (exact) mass is 251 g/mol. The zero-order valence-electron chi connectivity index (χ0n) is 11.2. The predicted octanol–water partition coefficient (Wildman–Crippen LogP) is 2.34. The highest BCUT2D eigenvalue weighted by atomic mass is 16.5. The van der Waals surface area contributed by atoms with Crippen LogP contribution in [0.2, 0.25) is 0 Å². The number of hydrogen-bond donors (Lipinski definition) is 1. The second-order valence-electron chi connectivity index (χ2n) is 4.32. The molecule has 0 spiro atoms. The van der Waals surface area contributed by atoms with E-state index >= 15 is 0 Å². The molecule has 4 nitrogen and oxygen atoms in total. The third-order valence-electron chi connectivity index (χ3n) is 2.92. The molecule has 18 heavy (non-hydrogen) atoms. The number of nitrogens with zero attached hydrogens (tertiary/aromatic N) is 1. The molecular formula is C14H21NO3. The van der Waals surface area contributed by atoms with E-state index in [1.807, 2.05) is 26.0 Å². The van der Waals surface area contributed by atoms with E-state index in [2.05, 4.69) is 0 Å². The summed E-state index contributed by atoms with van der Waals surface area (Å²) < 4.78 is 5.24. The maximum Gasteiger partial charge on any atom is 0.248 e.